The van der Waals surface area contributed by atoms with Gasteiger partial charge in [0.15, 0.2) is 5.75 Å². The molecule has 1 aromatic carbocycles. The van der Waals surface area contributed by atoms with Crippen LogP contribution < -0.4 is 10.9 Å². The van der Waals surface area contributed by atoms with Crippen molar-refractivity contribution in [2.24, 2.45) is 0 Å². The number of hydrogen-bond acceptors (Lipinski definition) is 3. The largest absolute Gasteiger partial charge is 0.504 e. The molecule has 1 N–H and O–H groups in total. The fourth-order valence-corrected chi connectivity index (χ4v) is 1.08. The van der Waals surface area contributed by atoms with Crippen molar-refractivity contribution in [3.8, 4) is 5.75 Å². The van der Waals surface area contributed by atoms with Gasteiger partial charge in [-0.05, 0) is 5.41 Å². The summed E-state index contributed by atoms with van der Waals surface area (Å²) < 4.78 is 0. The SMILES string of the molecule is CC(C)(C)c1c(O)c(=O)c1=O. The first-order chi connectivity index (χ1) is 4.85. The van der Waals surface area contributed by atoms with Gasteiger partial charge in [-0.3, -0.25) is 9.59 Å². The molecule has 0 heterocycles. The smallest absolute Gasteiger partial charge is 0.267 e. The maximum atomic E-state index is 10.9. The van der Waals surface area contributed by atoms with Gasteiger partial charge in [0.1, 0.15) is 0 Å². The van der Waals surface area contributed by atoms with Crippen molar-refractivity contribution in [3.63, 3.8) is 0 Å². The Balaban J connectivity index is 3.31. The van der Waals surface area contributed by atoms with Gasteiger partial charge in [0.05, 0.1) is 5.56 Å². The van der Waals surface area contributed by atoms with E-state index in [1.54, 1.807) is 20.8 Å². The second-order valence-electron chi connectivity index (χ2n) is 3.63. The highest BCUT2D eigenvalue weighted by Gasteiger charge is 2.29. The Hall–Kier alpha value is -1.12. The molecule has 0 fully saturated rings. The van der Waals surface area contributed by atoms with Gasteiger partial charge in [0.2, 0.25) is 5.43 Å². The van der Waals surface area contributed by atoms with Crippen molar-refractivity contribution in [2.45, 2.75) is 26.2 Å². The molecule has 3 heteroatoms. The van der Waals surface area contributed by atoms with E-state index in [0.29, 0.717) is 0 Å². The van der Waals surface area contributed by atoms with Crippen molar-refractivity contribution in [3.05, 3.63) is 26.0 Å². The van der Waals surface area contributed by atoms with Crippen LogP contribution in [0.15, 0.2) is 9.59 Å². The highest BCUT2D eigenvalue weighted by atomic mass is 16.3. The van der Waals surface area contributed by atoms with Crippen LogP contribution in [-0.2, 0) is 5.41 Å². The van der Waals surface area contributed by atoms with Gasteiger partial charge >= 0.3 is 0 Å². The summed E-state index contributed by atoms with van der Waals surface area (Å²) in [5, 5.41) is 8.99. The van der Waals surface area contributed by atoms with Gasteiger partial charge in [0, 0.05) is 0 Å². The van der Waals surface area contributed by atoms with E-state index in [9.17, 15) is 9.59 Å². The Morgan fingerprint density at radius 3 is 1.73 bits per heavy atom. The molecule has 0 aromatic heterocycles. The van der Waals surface area contributed by atoms with E-state index < -0.39 is 16.3 Å². The number of aromatic hydroxyl groups is 1. The molecule has 0 aliphatic carbocycles. The summed E-state index contributed by atoms with van der Waals surface area (Å²) in [5.41, 5.74) is -1.47. The molecule has 0 bridgehead atoms. The minimum Gasteiger partial charge on any atom is -0.504 e. The second-order valence-corrected chi connectivity index (χ2v) is 3.63. The summed E-state index contributed by atoms with van der Waals surface area (Å²) in [6.07, 6.45) is 0. The van der Waals surface area contributed by atoms with Crippen LogP contribution >= 0.6 is 0 Å². The zero-order valence-electron chi connectivity index (χ0n) is 6.76. The molecule has 1 aromatic rings. The summed E-state index contributed by atoms with van der Waals surface area (Å²) in [6, 6.07) is 0. The molecular weight excluding hydrogens is 144 g/mol. The minimum atomic E-state index is -0.755. The topological polar surface area (TPSA) is 54.4 Å². The van der Waals surface area contributed by atoms with E-state index in [2.05, 4.69) is 0 Å². The minimum absolute atomic E-state index is 0.252. The standard InChI is InChI=1S/C8H10O3/c1-8(2,3)4-5(9)7(11)6(4)10/h9H,1-3H3. The molecule has 0 aliphatic rings. The molecule has 0 radical (unpaired) electrons. The third kappa shape index (κ3) is 0.964. The van der Waals surface area contributed by atoms with E-state index >= 15 is 0 Å². The van der Waals surface area contributed by atoms with E-state index in [1.165, 1.54) is 0 Å². The molecule has 1 rings (SSSR count). The van der Waals surface area contributed by atoms with Gasteiger partial charge in [-0.25, -0.2) is 0 Å². The zero-order chi connectivity index (χ0) is 8.81. The third-order valence-electron chi connectivity index (χ3n) is 1.64. The van der Waals surface area contributed by atoms with Gasteiger partial charge in [-0.2, -0.15) is 0 Å². The van der Waals surface area contributed by atoms with Crippen molar-refractivity contribution >= 4 is 0 Å². The monoisotopic (exact) mass is 154 g/mol. The summed E-state index contributed by atoms with van der Waals surface area (Å²) in [7, 11) is 0. The fraction of sp³-hybridized carbons (Fsp3) is 0.500. The Morgan fingerprint density at radius 1 is 1.09 bits per heavy atom. The summed E-state index contributed by atoms with van der Waals surface area (Å²) in [6.45, 7) is 5.34. The molecule has 0 saturated carbocycles. The average molecular weight is 154 g/mol. The van der Waals surface area contributed by atoms with Gasteiger partial charge in [0.25, 0.3) is 5.43 Å². The lowest BCUT2D eigenvalue weighted by Crippen LogP contribution is -2.40. The van der Waals surface area contributed by atoms with Crippen LogP contribution in [0.3, 0.4) is 0 Å². The first kappa shape index (κ1) is 7.98. The van der Waals surface area contributed by atoms with Crippen LogP contribution in [0, 0.1) is 0 Å². The van der Waals surface area contributed by atoms with Crippen LogP contribution in [0.4, 0.5) is 0 Å². The van der Waals surface area contributed by atoms with Gasteiger partial charge in [-0.15, -0.1) is 0 Å². The van der Waals surface area contributed by atoms with Gasteiger partial charge < -0.3 is 5.11 Å². The lowest BCUT2D eigenvalue weighted by atomic mass is 9.83. The Bertz CT molecular complexity index is 348. The molecule has 11 heavy (non-hydrogen) atoms. The first-order valence-corrected chi connectivity index (χ1v) is 3.38. The zero-order valence-corrected chi connectivity index (χ0v) is 6.76. The normalized spacial score (nSPS) is 12.3. The maximum absolute atomic E-state index is 10.9. The Labute approximate surface area is 64.0 Å². The number of rotatable bonds is 0. The molecule has 60 valence electrons. The van der Waals surface area contributed by atoms with E-state index in [4.69, 9.17) is 5.11 Å². The quantitative estimate of drug-likeness (QED) is 0.546. The van der Waals surface area contributed by atoms with Crippen molar-refractivity contribution in [1.82, 2.24) is 0 Å². The van der Waals surface area contributed by atoms with Crippen molar-refractivity contribution < 1.29 is 5.11 Å². The maximum Gasteiger partial charge on any atom is 0.267 e. The molecule has 0 amide bonds. The van der Waals surface area contributed by atoms with Crippen LogP contribution in [-0.4, -0.2) is 5.11 Å². The van der Waals surface area contributed by atoms with E-state index in [0.717, 1.165) is 0 Å². The highest BCUT2D eigenvalue weighted by molar-refractivity contribution is 5.42. The van der Waals surface area contributed by atoms with E-state index in [1.807, 2.05) is 0 Å². The van der Waals surface area contributed by atoms with Crippen LogP contribution in [0.5, 0.6) is 5.75 Å². The molecule has 0 aliphatic heterocycles. The summed E-state index contributed by atoms with van der Waals surface area (Å²) in [4.78, 5) is 21.4. The molecule has 0 unspecified atom stereocenters. The molecule has 0 atom stereocenters. The Kier molecular flexibility index (Phi) is 1.40. The fourth-order valence-electron chi connectivity index (χ4n) is 1.08. The average Bonchev–Trinajstić information content (AvgIpc) is 1.85. The predicted octanol–water partition coefficient (Wildman–Crippen LogP) is 0.286. The van der Waals surface area contributed by atoms with Gasteiger partial charge in [-0.1, -0.05) is 20.8 Å². The van der Waals surface area contributed by atoms with Crippen molar-refractivity contribution in [1.29, 1.82) is 0 Å². The van der Waals surface area contributed by atoms with Crippen LogP contribution in [0.2, 0.25) is 0 Å². The lowest BCUT2D eigenvalue weighted by Gasteiger charge is -2.20. The van der Waals surface area contributed by atoms with Crippen LogP contribution in [0.25, 0.3) is 0 Å². The number of hydrogen-bond donors (Lipinski definition) is 1. The molecule has 0 saturated heterocycles. The van der Waals surface area contributed by atoms with Crippen molar-refractivity contribution in [2.75, 3.05) is 0 Å². The van der Waals surface area contributed by atoms with E-state index in [-0.39, 0.29) is 11.3 Å². The first-order valence-electron chi connectivity index (χ1n) is 3.38. The summed E-state index contributed by atoms with van der Waals surface area (Å²) in [5.74, 6) is -0.359. The van der Waals surface area contributed by atoms with Crippen LogP contribution in [0.1, 0.15) is 26.3 Å². The molecular formula is C8H10O3. The highest BCUT2D eigenvalue weighted by Crippen LogP contribution is 2.25. The summed E-state index contributed by atoms with van der Waals surface area (Å²) >= 11 is 0. The molecule has 3 nitrogen and oxygen atoms in total. The lowest BCUT2D eigenvalue weighted by molar-refractivity contribution is 0.428. The second kappa shape index (κ2) is 1.94. The molecule has 0 spiro atoms. The predicted molar refractivity (Wildman–Crippen MR) is 41.7 cm³/mol. The Morgan fingerprint density at radius 2 is 1.55 bits per heavy atom. The third-order valence-corrected chi connectivity index (χ3v) is 1.64.